The standard InChI is InChI=1S/C30H35N9O2/c1-2-28(40)33-15-21-4-3-9-38(18-21)19-27-31-16-24(17-32-27)36-23-7-5-22(6-8-23)26-14-25-29(37-26)34-20-35-30(25)39-10-12-41-13-11-39/h2,5-8,14,16-17,20-21,36H,1,3-4,9-13,15,18-19H2,(H,33,40)(H,34,35,37)/t21-/m0/s1. The van der Waals surface area contributed by atoms with Gasteiger partial charge in [-0.05, 0) is 55.1 Å². The Hall–Kier alpha value is -4.35. The minimum absolute atomic E-state index is 0.117. The zero-order chi connectivity index (χ0) is 28.0. The second-order valence-corrected chi connectivity index (χ2v) is 10.5. The van der Waals surface area contributed by atoms with Gasteiger partial charge in [-0.1, -0.05) is 18.7 Å². The molecular formula is C30H35N9O2. The van der Waals surface area contributed by atoms with Gasteiger partial charge >= 0.3 is 0 Å². The van der Waals surface area contributed by atoms with Crippen LogP contribution >= 0.6 is 0 Å². The number of morpholine rings is 1. The number of benzene rings is 1. The highest BCUT2D eigenvalue weighted by Crippen LogP contribution is 2.30. The molecule has 11 heteroatoms. The van der Waals surface area contributed by atoms with E-state index in [-0.39, 0.29) is 5.91 Å². The number of rotatable bonds is 9. The second-order valence-electron chi connectivity index (χ2n) is 10.5. The fourth-order valence-electron chi connectivity index (χ4n) is 5.49. The van der Waals surface area contributed by atoms with Gasteiger partial charge in [0.15, 0.2) is 0 Å². The lowest BCUT2D eigenvalue weighted by atomic mass is 9.98. The molecular weight excluding hydrogens is 518 g/mol. The topological polar surface area (TPSA) is 124 Å². The zero-order valence-corrected chi connectivity index (χ0v) is 23.1. The smallest absolute Gasteiger partial charge is 0.243 e. The number of amides is 1. The zero-order valence-electron chi connectivity index (χ0n) is 23.1. The fourth-order valence-corrected chi connectivity index (χ4v) is 5.49. The molecule has 0 bridgehead atoms. The van der Waals surface area contributed by atoms with Gasteiger partial charge in [0, 0.05) is 37.6 Å². The van der Waals surface area contributed by atoms with E-state index >= 15 is 0 Å². The average Bonchev–Trinajstić information content (AvgIpc) is 3.46. The van der Waals surface area contributed by atoms with Crippen LogP contribution in [0.25, 0.3) is 22.3 Å². The van der Waals surface area contributed by atoms with E-state index in [0.717, 1.165) is 84.3 Å². The number of ether oxygens (including phenoxy) is 1. The summed E-state index contributed by atoms with van der Waals surface area (Å²) < 4.78 is 5.50. The highest BCUT2D eigenvalue weighted by atomic mass is 16.5. The molecule has 0 aliphatic carbocycles. The molecule has 3 aromatic heterocycles. The van der Waals surface area contributed by atoms with Gasteiger partial charge in [-0.2, -0.15) is 0 Å². The third-order valence-corrected chi connectivity index (χ3v) is 7.62. The third kappa shape index (κ3) is 6.53. The van der Waals surface area contributed by atoms with Crippen molar-refractivity contribution in [3.8, 4) is 11.3 Å². The first kappa shape index (κ1) is 26.9. The molecule has 11 nitrogen and oxygen atoms in total. The van der Waals surface area contributed by atoms with Crippen molar-refractivity contribution in [2.75, 3.05) is 56.2 Å². The van der Waals surface area contributed by atoms with Crippen molar-refractivity contribution in [1.82, 2.24) is 35.1 Å². The summed E-state index contributed by atoms with van der Waals surface area (Å²) in [6.45, 7) is 9.90. The SMILES string of the molecule is C=CC(=O)NC[C@@H]1CCCN(Cc2ncc(Nc3ccc(-c4cc5c(N6CCOCC6)ncnc5[nH]4)cc3)cn2)C1. The van der Waals surface area contributed by atoms with E-state index in [9.17, 15) is 4.79 Å². The number of fused-ring (bicyclic) bond motifs is 1. The molecule has 0 saturated carbocycles. The molecule has 1 amide bonds. The van der Waals surface area contributed by atoms with Crippen LogP contribution in [0.2, 0.25) is 0 Å². The van der Waals surface area contributed by atoms with E-state index in [1.807, 2.05) is 24.5 Å². The predicted molar refractivity (Wildman–Crippen MR) is 159 cm³/mol. The Kier molecular flexibility index (Phi) is 8.15. The molecule has 212 valence electrons. The molecule has 2 saturated heterocycles. The third-order valence-electron chi connectivity index (χ3n) is 7.62. The summed E-state index contributed by atoms with van der Waals surface area (Å²) in [5.74, 6) is 2.05. The number of hydrogen-bond donors (Lipinski definition) is 3. The Balaban J connectivity index is 1.06. The Labute approximate surface area is 239 Å². The number of nitrogens with zero attached hydrogens (tertiary/aromatic N) is 6. The summed E-state index contributed by atoms with van der Waals surface area (Å²) in [6, 6.07) is 10.4. The number of nitrogens with one attached hydrogen (secondary N) is 3. The highest BCUT2D eigenvalue weighted by molar-refractivity contribution is 5.92. The maximum absolute atomic E-state index is 11.5. The first-order valence-corrected chi connectivity index (χ1v) is 14.1. The van der Waals surface area contributed by atoms with Crippen molar-refractivity contribution in [1.29, 1.82) is 0 Å². The molecule has 3 N–H and O–H groups in total. The van der Waals surface area contributed by atoms with Gasteiger partial charge < -0.3 is 25.3 Å². The maximum Gasteiger partial charge on any atom is 0.243 e. The highest BCUT2D eigenvalue weighted by Gasteiger charge is 2.21. The summed E-state index contributed by atoms with van der Waals surface area (Å²) in [4.78, 5) is 37.7. The number of anilines is 3. The summed E-state index contributed by atoms with van der Waals surface area (Å²) in [5.41, 5.74) is 4.68. The minimum atomic E-state index is -0.117. The number of aromatic nitrogens is 5. The van der Waals surface area contributed by atoms with Gasteiger partial charge in [-0.15, -0.1) is 0 Å². The summed E-state index contributed by atoms with van der Waals surface area (Å²) in [7, 11) is 0. The van der Waals surface area contributed by atoms with Crippen LogP contribution in [0.1, 0.15) is 18.7 Å². The van der Waals surface area contributed by atoms with Gasteiger partial charge in [-0.3, -0.25) is 9.69 Å². The van der Waals surface area contributed by atoms with Crippen molar-refractivity contribution < 1.29 is 9.53 Å². The first-order chi connectivity index (χ1) is 20.1. The Morgan fingerprint density at radius 1 is 1.07 bits per heavy atom. The van der Waals surface area contributed by atoms with Gasteiger partial charge in [-0.25, -0.2) is 19.9 Å². The van der Waals surface area contributed by atoms with Crippen LogP contribution in [-0.2, 0) is 16.1 Å². The maximum atomic E-state index is 11.5. The molecule has 0 unspecified atom stereocenters. The molecule has 1 atom stereocenters. The Morgan fingerprint density at radius 3 is 2.66 bits per heavy atom. The Morgan fingerprint density at radius 2 is 1.88 bits per heavy atom. The second kappa shape index (κ2) is 12.4. The molecule has 41 heavy (non-hydrogen) atoms. The van der Waals surface area contributed by atoms with Crippen LogP contribution in [0.3, 0.4) is 0 Å². The molecule has 2 aliphatic heterocycles. The molecule has 6 rings (SSSR count). The van der Waals surface area contributed by atoms with Crippen molar-refractivity contribution in [2.45, 2.75) is 19.4 Å². The fraction of sp³-hybridized carbons (Fsp3) is 0.367. The number of aromatic amines is 1. The Bertz CT molecular complexity index is 1480. The molecule has 0 spiro atoms. The number of carbonyl (C=O) groups excluding carboxylic acids is 1. The van der Waals surface area contributed by atoms with Gasteiger partial charge in [0.05, 0.1) is 43.2 Å². The van der Waals surface area contributed by atoms with E-state index in [2.05, 4.69) is 70.1 Å². The van der Waals surface area contributed by atoms with Crippen LogP contribution in [0.5, 0.6) is 0 Å². The quantitative estimate of drug-likeness (QED) is 0.267. The molecule has 2 aliphatic rings. The molecule has 0 radical (unpaired) electrons. The molecule has 4 aromatic rings. The van der Waals surface area contributed by atoms with E-state index in [1.54, 1.807) is 6.33 Å². The summed E-state index contributed by atoms with van der Waals surface area (Å²) in [5, 5.41) is 7.33. The monoisotopic (exact) mass is 553 g/mol. The van der Waals surface area contributed by atoms with Crippen molar-refractivity contribution in [3.63, 3.8) is 0 Å². The average molecular weight is 554 g/mol. The number of carbonyl (C=O) groups is 1. The summed E-state index contributed by atoms with van der Waals surface area (Å²) in [6.07, 6.45) is 8.80. The van der Waals surface area contributed by atoms with Gasteiger partial charge in [0.2, 0.25) is 5.91 Å². The van der Waals surface area contributed by atoms with Crippen LogP contribution < -0.4 is 15.5 Å². The van der Waals surface area contributed by atoms with Crippen molar-refractivity contribution in [2.24, 2.45) is 5.92 Å². The lowest BCUT2D eigenvalue weighted by molar-refractivity contribution is -0.116. The predicted octanol–water partition coefficient (Wildman–Crippen LogP) is 3.51. The largest absolute Gasteiger partial charge is 0.378 e. The van der Waals surface area contributed by atoms with E-state index in [0.29, 0.717) is 32.2 Å². The van der Waals surface area contributed by atoms with Gasteiger partial charge in [0.1, 0.15) is 23.6 Å². The van der Waals surface area contributed by atoms with Crippen molar-refractivity contribution >= 4 is 34.1 Å². The van der Waals surface area contributed by atoms with Gasteiger partial charge in [0.25, 0.3) is 0 Å². The number of piperidine rings is 1. The van der Waals surface area contributed by atoms with E-state index in [1.165, 1.54) is 6.08 Å². The molecule has 2 fully saturated rings. The molecule has 1 aromatic carbocycles. The number of hydrogen-bond acceptors (Lipinski definition) is 9. The number of H-pyrrole nitrogens is 1. The van der Waals surface area contributed by atoms with Crippen LogP contribution in [0, 0.1) is 5.92 Å². The minimum Gasteiger partial charge on any atom is -0.378 e. The first-order valence-electron chi connectivity index (χ1n) is 14.1. The van der Waals surface area contributed by atoms with Crippen LogP contribution in [0.4, 0.5) is 17.2 Å². The molecule has 5 heterocycles. The van der Waals surface area contributed by atoms with Crippen molar-refractivity contribution in [3.05, 3.63) is 67.5 Å². The number of likely N-dealkylation sites (tertiary alicyclic amines) is 1. The lowest BCUT2D eigenvalue weighted by Gasteiger charge is -2.32. The lowest BCUT2D eigenvalue weighted by Crippen LogP contribution is -2.40. The van der Waals surface area contributed by atoms with Crippen LogP contribution in [-0.4, -0.2) is 81.7 Å². The van der Waals surface area contributed by atoms with Crippen LogP contribution in [0.15, 0.2) is 61.7 Å². The van der Waals surface area contributed by atoms with E-state index < -0.39 is 0 Å². The normalized spacial score (nSPS) is 17.9. The summed E-state index contributed by atoms with van der Waals surface area (Å²) >= 11 is 0. The van der Waals surface area contributed by atoms with E-state index in [4.69, 9.17) is 4.74 Å².